The standard InChI is InChI=1S/C18H24N4O/c1-13-12-14(2)22(20-13)18-6-4-16(5-7-18)19-17-8-10-21(11-9-17)15(3)23/h4-7,12,17,19H,8-11H2,1-3H3. The Balaban J connectivity index is 1.62. The lowest BCUT2D eigenvalue weighted by Gasteiger charge is -2.32. The first kappa shape index (κ1) is 15.6. The van der Waals surface area contributed by atoms with Crippen molar-refractivity contribution in [2.24, 2.45) is 0 Å². The number of likely N-dealkylation sites (tertiary alicyclic amines) is 1. The van der Waals surface area contributed by atoms with E-state index in [0.717, 1.165) is 48.7 Å². The lowest BCUT2D eigenvalue weighted by Crippen LogP contribution is -2.41. The first-order valence-electron chi connectivity index (χ1n) is 8.18. The highest BCUT2D eigenvalue weighted by atomic mass is 16.2. The van der Waals surface area contributed by atoms with Crippen molar-refractivity contribution in [1.82, 2.24) is 14.7 Å². The fourth-order valence-corrected chi connectivity index (χ4v) is 3.16. The summed E-state index contributed by atoms with van der Waals surface area (Å²) >= 11 is 0. The number of nitrogens with one attached hydrogen (secondary N) is 1. The Labute approximate surface area is 137 Å². The number of piperidine rings is 1. The number of carbonyl (C=O) groups excluding carboxylic acids is 1. The van der Waals surface area contributed by atoms with Gasteiger partial charge in [0.1, 0.15) is 0 Å². The van der Waals surface area contributed by atoms with Gasteiger partial charge in [-0.1, -0.05) is 0 Å². The number of nitrogens with zero attached hydrogens (tertiary/aromatic N) is 3. The van der Waals surface area contributed by atoms with E-state index in [1.54, 1.807) is 6.92 Å². The summed E-state index contributed by atoms with van der Waals surface area (Å²) in [6.07, 6.45) is 2.00. The number of aromatic nitrogens is 2. The Bertz CT molecular complexity index is 682. The van der Waals surface area contributed by atoms with Crippen molar-refractivity contribution in [3.8, 4) is 5.69 Å². The molecule has 23 heavy (non-hydrogen) atoms. The van der Waals surface area contributed by atoms with Crippen molar-refractivity contribution in [3.63, 3.8) is 0 Å². The van der Waals surface area contributed by atoms with E-state index in [1.165, 1.54) is 0 Å². The predicted molar refractivity (Wildman–Crippen MR) is 91.9 cm³/mol. The molecule has 1 aliphatic heterocycles. The molecule has 1 aromatic carbocycles. The van der Waals surface area contributed by atoms with E-state index >= 15 is 0 Å². The van der Waals surface area contributed by atoms with E-state index in [2.05, 4.69) is 47.7 Å². The van der Waals surface area contributed by atoms with E-state index in [4.69, 9.17) is 0 Å². The minimum absolute atomic E-state index is 0.178. The minimum atomic E-state index is 0.178. The third kappa shape index (κ3) is 3.55. The largest absolute Gasteiger partial charge is 0.382 e. The van der Waals surface area contributed by atoms with Crippen LogP contribution in [-0.4, -0.2) is 39.7 Å². The van der Waals surface area contributed by atoms with Crippen molar-refractivity contribution in [1.29, 1.82) is 0 Å². The van der Waals surface area contributed by atoms with Gasteiger partial charge in [-0.3, -0.25) is 4.79 Å². The van der Waals surface area contributed by atoms with Gasteiger partial charge in [0.2, 0.25) is 5.91 Å². The van der Waals surface area contributed by atoms with Crippen LogP contribution in [-0.2, 0) is 4.79 Å². The van der Waals surface area contributed by atoms with Crippen LogP contribution in [0.5, 0.6) is 0 Å². The van der Waals surface area contributed by atoms with Crippen LogP contribution >= 0.6 is 0 Å². The van der Waals surface area contributed by atoms with Gasteiger partial charge in [0.25, 0.3) is 0 Å². The highest BCUT2D eigenvalue weighted by Gasteiger charge is 2.20. The zero-order valence-electron chi connectivity index (χ0n) is 14.0. The molecule has 0 saturated carbocycles. The van der Waals surface area contributed by atoms with Gasteiger partial charge in [-0.25, -0.2) is 4.68 Å². The molecule has 0 atom stereocenters. The highest BCUT2D eigenvalue weighted by molar-refractivity contribution is 5.73. The molecule has 2 aromatic rings. The second-order valence-corrected chi connectivity index (χ2v) is 6.31. The van der Waals surface area contributed by atoms with Crippen molar-refractivity contribution in [2.75, 3.05) is 18.4 Å². The molecule has 1 saturated heterocycles. The molecule has 0 spiro atoms. The van der Waals surface area contributed by atoms with Crippen LogP contribution in [0.2, 0.25) is 0 Å². The molecule has 5 heteroatoms. The molecule has 1 aromatic heterocycles. The maximum absolute atomic E-state index is 11.4. The number of carbonyl (C=O) groups is 1. The molecule has 3 rings (SSSR count). The van der Waals surface area contributed by atoms with Crippen LogP contribution in [0.25, 0.3) is 5.69 Å². The summed E-state index contributed by atoms with van der Waals surface area (Å²) in [5.74, 6) is 0.178. The first-order chi connectivity index (χ1) is 11.0. The van der Waals surface area contributed by atoms with Crippen LogP contribution < -0.4 is 5.32 Å². The maximum Gasteiger partial charge on any atom is 0.219 e. The number of hydrogen-bond acceptors (Lipinski definition) is 3. The zero-order valence-corrected chi connectivity index (χ0v) is 14.0. The fraction of sp³-hybridized carbons (Fsp3) is 0.444. The molecule has 0 bridgehead atoms. The second kappa shape index (κ2) is 6.44. The molecular formula is C18H24N4O. The van der Waals surface area contributed by atoms with Gasteiger partial charge in [0.05, 0.1) is 11.4 Å². The molecule has 0 radical (unpaired) electrons. The normalized spacial score (nSPS) is 15.7. The van der Waals surface area contributed by atoms with Crippen molar-refractivity contribution in [3.05, 3.63) is 41.7 Å². The SMILES string of the molecule is CC(=O)N1CCC(Nc2ccc(-n3nc(C)cc3C)cc2)CC1. The highest BCUT2D eigenvalue weighted by Crippen LogP contribution is 2.19. The topological polar surface area (TPSA) is 50.2 Å². The predicted octanol–water partition coefficient (Wildman–Crippen LogP) is 2.91. The van der Waals surface area contributed by atoms with Gasteiger partial charge in [-0.05, 0) is 57.0 Å². The van der Waals surface area contributed by atoms with Gasteiger partial charge >= 0.3 is 0 Å². The van der Waals surface area contributed by atoms with Crippen molar-refractivity contribution >= 4 is 11.6 Å². The smallest absolute Gasteiger partial charge is 0.219 e. The summed E-state index contributed by atoms with van der Waals surface area (Å²) < 4.78 is 1.96. The molecule has 1 amide bonds. The van der Waals surface area contributed by atoms with E-state index in [1.807, 2.05) is 16.5 Å². The van der Waals surface area contributed by atoms with Gasteiger partial charge < -0.3 is 10.2 Å². The number of anilines is 1. The van der Waals surface area contributed by atoms with Crippen LogP contribution in [0.4, 0.5) is 5.69 Å². The Morgan fingerprint density at radius 2 is 1.83 bits per heavy atom. The summed E-state index contributed by atoms with van der Waals surface area (Å²) in [5.41, 5.74) is 4.37. The van der Waals surface area contributed by atoms with Crippen LogP contribution in [0.15, 0.2) is 30.3 Å². The average Bonchev–Trinajstić information content (AvgIpc) is 2.87. The molecule has 5 nitrogen and oxygen atoms in total. The summed E-state index contributed by atoms with van der Waals surface area (Å²) in [5, 5.41) is 8.08. The summed E-state index contributed by atoms with van der Waals surface area (Å²) in [6, 6.07) is 10.9. The lowest BCUT2D eigenvalue weighted by molar-refractivity contribution is -0.129. The van der Waals surface area contributed by atoms with Crippen LogP contribution in [0, 0.1) is 13.8 Å². The van der Waals surface area contributed by atoms with Gasteiger partial charge in [-0.15, -0.1) is 0 Å². The Morgan fingerprint density at radius 1 is 1.17 bits per heavy atom. The number of amides is 1. The van der Waals surface area contributed by atoms with Crippen molar-refractivity contribution < 1.29 is 4.79 Å². The number of benzene rings is 1. The molecule has 1 N–H and O–H groups in total. The number of hydrogen-bond donors (Lipinski definition) is 1. The number of aryl methyl sites for hydroxylation is 2. The third-order valence-electron chi connectivity index (χ3n) is 4.43. The molecule has 0 aliphatic carbocycles. The zero-order chi connectivity index (χ0) is 16.4. The average molecular weight is 312 g/mol. The quantitative estimate of drug-likeness (QED) is 0.948. The van der Waals surface area contributed by atoms with Gasteiger partial charge in [0.15, 0.2) is 0 Å². The van der Waals surface area contributed by atoms with Gasteiger partial charge in [-0.2, -0.15) is 5.10 Å². The second-order valence-electron chi connectivity index (χ2n) is 6.31. The minimum Gasteiger partial charge on any atom is -0.382 e. The molecule has 1 fully saturated rings. The monoisotopic (exact) mass is 312 g/mol. The lowest BCUT2D eigenvalue weighted by atomic mass is 10.0. The maximum atomic E-state index is 11.4. The van der Waals surface area contributed by atoms with E-state index in [0.29, 0.717) is 6.04 Å². The fourth-order valence-electron chi connectivity index (χ4n) is 3.16. The van der Waals surface area contributed by atoms with E-state index < -0.39 is 0 Å². The molecule has 2 heterocycles. The van der Waals surface area contributed by atoms with E-state index in [-0.39, 0.29) is 5.91 Å². The Hall–Kier alpha value is -2.30. The summed E-state index contributed by atoms with van der Waals surface area (Å²) in [6.45, 7) is 7.40. The molecule has 0 unspecified atom stereocenters. The Morgan fingerprint density at radius 3 is 2.35 bits per heavy atom. The summed E-state index contributed by atoms with van der Waals surface area (Å²) in [7, 11) is 0. The molecule has 122 valence electrons. The number of rotatable bonds is 3. The third-order valence-corrected chi connectivity index (χ3v) is 4.43. The van der Waals surface area contributed by atoms with Crippen LogP contribution in [0.1, 0.15) is 31.2 Å². The summed E-state index contributed by atoms with van der Waals surface area (Å²) in [4.78, 5) is 13.3. The molecule has 1 aliphatic rings. The van der Waals surface area contributed by atoms with E-state index in [9.17, 15) is 4.79 Å². The van der Waals surface area contributed by atoms with Crippen LogP contribution in [0.3, 0.4) is 0 Å². The Kier molecular flexibility index (Phi) is 4.37. The first-order valence-corrected chi connectivity index (χ1v) is 8.18. The molecular weight excluding hydrogens is 288 g/mol. The van der Waals surface area contributed by atoms with Crippen molar-refractivity contribution in [2.45, 2.75) is 39.7 Å². The van der Waals surface area contributed by atoms with Gasteiger partial charge in [0, 0.05) is 37.4 Å².